The van der Waals surface area contributed by atoms with Crippen molar-refractivity contribution in [2.75, 3.05) is 0 Å². The summed E-state index contributed by atoms with van der Waals surface area (Å²) in [5.41, 5.74) is 2.63. The second-order valence-electron chi connectivity index (χ2n) is 4.47. The van der Waals surface area contributed by atoms with Gasteiger partial charge in [0.05, 0.1) is 0 Å². The number of unbranched alkanes of at least 4 members (excludes halogenated alkanes) is 1. The van der Waals surface area contributed by atoms with Gasteiger partial charge in [-0.2, -0.15) is 0 Å². The van der Waals surface area contributed by atoms with Crippen molar-refractivity contribution in [3.8, 4) is 0 Å². The first-order chi connectivity index (χ1) is 8.78. The van der Waals surface area contributed by atoms with Gasteiger partial charge < -0.3 is 8.83 Å². The molecular formula is C15H18O3. The molecule has 0 aliphatic carbocycles. The van der Waals surface area contributed by atoms with E-state index < -0.39 is 5.82 Å². The molecule has 18 heavy (non-hydrogen) atoms. The van der Waals surface area contributed by atoms with Crippen LogP contribution < -0.4 is 5.82 Å². The Bertz CT molecular complexity index is 519. The van der Waals surface area contributed by atoms with Crippen molar-refractivity contribution in [1.29, 1.82) is 0 Å². The van der Waals surface area contributed by atoms with Gasteiger partial charge in [-0.05, 0) is 30.4 Å². The fourth-order valence-corrected chi connectivity index (χ4v) is 1.90. The van der Waals surface area contributed by atoms with Crippen molar-refractivity contribution >= 4 is 0 Å². The monoisotopic (exact) mass is 246 g/mol. The fourth-order valence-electron chi connectivity index (χ4n) is 1.90. The van der Waals surface area contributed by atoms with Gasteiger partial charge in [0.25, 0.3) is 0 Å². The molecule has 96 valence electrons. The topological polar surface area (TPSA) is 43.4 Å². The normalized spacial score (nSPS) is 10.7. The van der Waals surface area contributed by atoms with E-state index in [1.165, 1.54) is 30.2 Å². The molecule has 0 saturated carbocycles. The van der Waals surface area contributed by atoms with Gasteiger partial charge in [0.2, 0.25) is 0 Å². The Kier molecular flexibility index (Phi) is 4.40. The molecule has 2 aromatic rings. The standard InChI is InChI=1S/C15H18O3/c1-2-3-4-12-5-7-13(8-6-12)9-10-14-11-17-15(16)18-14/h5-8,11H,2-4,9-10H2,1H3. The molecule has 0 amide bonds. The van der Waals surface area contributed by atoms with Crippen molar-refractivity contribution in [3.05, 3.63) is 58.0 Å². The number of aryl methyl sites for hydroxylation is 3. The van der Waals surface area contributed by atoms with Crippen LogP contribution >= 0.6 is 0 Å². The second kappa shape index (κ2) is 6.24. The van der Waals surface area contributed by atoms with Crippen LogP contribution in [0.1, 0.15) is 36.7 Å². The highest BCUT2D eigenvalue weighted by atomic mass is 16.6. The lowest BCUT2D eigenvalue weighted by Gasteiger charge is -2.02. The van der Waals surface area contributed by atoms with Crippen LogP contribution in [0, 0.1) is 0 Å². The molecule has 0 N–H and O–H groups in total. The van der Waals surface area contributed by atoms with Crippen molar-refractivity contribution < 1.29 is 8.83 Å². The van der Waals surface area contributed by atoms with Crippen LogP contribution in [0.25, 0.3) is 0 Å². The zero-order valence-corrected chi connectivity index (χ0v) is 10.6. The van der Waals surface area contributed by atoms with E-state index in [0.717, 1.165) is 12.8 Å². The Morgan fingerprint density at radius 2 is 1.67 bits per heavy atom. The Morgan fingerprint density at radius 1 is 1.00 bits per heavy atom. The van der Waals surface area contributed by atoms with Gasteiger partial charge in [-0.1, -0.05) is 37.6 Å². The maximum atomic E-state index is 10.7. The third kappa shape index (κ3) is 3.62. The molecular weight excluding hydrogens is 228 g/mol. The van der Waals surface area contributed by atoms with Crippen LogP contribution in [0.4, 0.5) is 0 Å². The predicted molar refractivity (Wildman–Crippen MR) is 69.7 cm³/mol. The minimum absolute atomic E-state index is 0.607. The maximum Gasteiger partial charge on any atom is 0.518 e. The van der Waals surface area contributed by atoms with Gasteiger partial charge in [-0.25, -0.2) is 4.79 Å². The molecule has 0 bridgehead atoms. The largest absolute Gasteiger partial charge is 0.518 e. The smallest absolute Gasteiger partial charge is 0.399 e. The first-order valence-corrected chi connectivity index (χ1v) is 6.43. The highest BCUT2D eigenvalue weighted by molar-refractivity contribution is 5.23. The first-order valence-electron chi connectivity index (χ1n) is 6.43. The summed E-state index contributed by atoms with van der Waals surface area (Å²) >= 11 is 0. The predicted octanol–water partition coefficient (Wildman–Crippen LogP) is 3.36. The van der Waals surface area contributed by atoms with Crippen LogP contribution in [0.3, 0.4) is 0 Å². The summed E-state index contributed by atoms with van der Waals surface area (Å²) in [6, 6.07) is 8.64. The van der Waals surface area contributed by atoms with Gasteiger partial charge in [0, 0.05) is 6.42 Å². The van der Waals surface area contributed by atoms with Crippen molar-refractivity contribution in [1.82, 2.24) is 0 Å². The highest BCUT2D eigenvalue weighted by Gasteiger charge is 2.02. The molecule has 0 saturated heterocycles. The van der Waals surface area contributed by atoms with E-state index in [9.17, 15) is 4.79 Å². The zero-order chi connectivity index (χ0) is 12.8. The van der Waals surface area contributed by atoms with E-state index in [4.69, 9.17) is 4.42 Å². The molecule has 0 radical (unpaired) electrons. The molecule has 0 spiro atoms. The maximum absolute atomic E-state index is 10.7. The summed E-state index contributed by atoms with van der Waals surface area (Å²) in [5, 5.41) is 0. The summed E-state index contributed by atoms with van der Waals surface area (Å²) in [7, 11) is 0. The number of hydrogen-bond acceptors (Lipinski definition) is 3. The Labute approximate surface area is 106 Å². The van der Waals surface area contributed by atoms with Gasteiger partial charge in [0.15, 0.2) is 0 Å². The third-order valence-electron chi connectivity index (χ3n) is 3.00. The average Bonchev–Trinajstić information content (AvgIpc) is 2.81. The van der Waals surface area contributed by atoms with Gasteiger partial charge >= 0.3 is 5.82 Å². The van der Waals surface area contributed by atoms with Crippen molar-refractivity contribution in [3.63, 3.8) is 0 Å². The SMILES string of the molecule is CCCCc1ccc(CCc2coc(=O)o2)cc1. The highest BCUT2D eigenvalue weighted by Crippen LogP contribution is 2.10. The second-order valence-corrected chi connectivity index (χ2v) is 4.47. The van der Waals surface area contributed by atoms with E-state index in [1.54, 1.807) is 0 Å². The van der Waals surface area contributed by atoms with Crippen LogP contribution in [-0.2, 0) is 19.3 Å². The number of benzene rings is 1. The lowest BCUT2D eigenvalue weighted by Crippen LogP contribution is -1.92. The molecule has 0 atom stereocenters. The summed E-state index contributed by atoms with van der Waals surface area (Å²) in [4.78, 5) is 10.7. The lowest BCUT2D eigenvalue weighted by atomic mass is 10.0. The third-order valence-corrected chi connectivity index (χ3v) is 3.00. The molecule has 1 aromatic carbocycles. The molecule has 0 aliphatic rings. The van der Waals surface area contributed by atoms with E-state index in [2.05, 4.69) is 35.6 Å². The molecule has 0 unspecified atom stereocenters. The summed E-state index contributed by atoms with van der Waals surface area (Å²) in [5.74, 6) is -0.0185. The molecule has 1 aromatic heterocycles. The lowest BCUT2D eigenvalue weighted by molar-refractivity contribution is 0.373. The van der Waals surface area contributed by atoms with Crippen molar-refractivity contribution in [2.45, 2.75) is 39.0 Å². The van der Waals surface area contributed by atoms with Crippen LogP contribution in [0.5, 0.6) is 0 Å². The summed E-state index contributed by atoms with van der Waals surface area (Å²) in [6.45, 7) is 2.20. The minimum Gasteiger partial charge on any atom is -0.399 e. The van der Waals surface area contributed by atoms with Gasteiger partial charge in [0.1, 0.15) is 12.0 Å². The Balaban J connectivity index is 1.88. The van der Waals surface area contributed by atoms with E-state index >= 15 is 0 Å². The molecule has 2 rings (SSSR count). The van der Waals surface area contributed by atoms with Crippen LogP contribution in [0.15, 0.2) is 44.2 Å². The Morgan fingerprint density at radius 3 is 2.22 bits per heavy atom. The van der Waals surface area contributed by atoms with Gasteiger partial charge in [-0.15, -0.1) is 0 Å². The van der Waals surface area contributed by atoms with E-state index in [1.807, 2.05) is 0 Å². The van der Waals surface area contributed by atoms with E-state index in [0.29, 0.717) is 12.2 Å². The first kappa shape index (κ1) is 12.7. The van der Waals surface area contributed by atoms with Crippen LogP contribution in [-0.4, -0.2) is 0 Å². The molecule has 3 nitrogen and oxygen atoms in total. The molecule has 1 heterocycles. The van der Waals surface area contributed by atoms with Crippen molar-refractivity contribution in [2.24, 2.45) is 0 Å². The quantitative estimate of drug-likeness (QED) is 0.785. The van der Waals surface area contributed by atoms with Gasteiger partial charge in [-0.3, -0.25) is 0 Å². The summed E-state index contributed by atoms with van der Waals surface area (Å²) in [6.07, 6.45) is 6.54. The minimum atomic E-state index is -0.625. The zero-order valence-electron chi connectivity index (χ0n) is 10.6. The Hall–Kier alpha value is -1.77. The average molecular weight is 246 g/mol. The number of hydrogen-bond donors (Lipinski definition) is 0. The van der Waals surface area contributed by atoms with E-state index in [-0.39, 0.29) is 0 Å². The summed E-state index contributed by atoms with van der Waals surface area (Å²) < 4.78 is 9.45. The molecule has 3 heteroatoms. The number of rotatable bonds is 6. The fraction of sp³-hybridized carbons (Fsp3) is 0.400. The molecule has 0 fully saturated rings. The molecule has 0 aliphatic heterocycles. The van der Waals surface area contributed by atoms with Crippen LogP contribution in [0.2, 0.25) is 0 Å².